The van der Waals surface area contributed by atoms with E-state index in [0.717, 1.165) is 0 Å². The van der Waals surface area contributed by atoms with Crippen LogP contribution in [0, 0.1) is 11.3 Å². The van der Waals surface area contributed by atoms with E-state index in [9.17, 15) is 9.59 Å². The topological polar surface area (TPSA) is 91.2 Å². The van der Waals surface area contributed by atoms with Crippen molar-refractivity contribution in [1.29, 1.82) is 5.26 Å². The van der Waals surface area contributed by atoms with E-state index >= 15 is 0 Å². The van der Waals surface area contributed by atoms with Crippen molar-refractivity contribution in [3.8, 4) is 6.07 Å². The van der Waals surface area contributed by atoms with Crippen LogP contribution in [-0.4, -0.2) is 19.0 Å². The predicted octanol–water partition coefficient (Wildman–Crippen LogP) is 2.93. The van der Waals surface area contributed by atoms with E-state index in [4.69, 9.17) is 10.00 Å². The number of nitrogens with zero attached hydrogens (tertiary/aromatic N) is 1. The second-order valence-corrected chi connectivity index (χ2v) is 4.67. The minimum atomic E-state index is -0.549. The van der Waals surface area contributed by atoms with Gasteiger partial charge >= 0.3 is 5.97 Å². The van der Waals surface area contributed by atoms with Gasteiger partial charge in [-0.2, -0.15) is 5.26 Å². The molecule has 0 aromatic heterocycles. The maximum Gasteiger partial charge on any atom is 0.339 e. The quantitative estimate of drug-likeness (QED) is 0.502. The molecule has 2 rings (SSSR count). The number of hydrogen-bond acceptors (Lipinski definition) is 5. The third kappa shape index (κ3) is 4.21. The molecule has 0 aliphatic rings. The number of carbonyl (C=O) groups excluding carboxylic acids is 2. The molecule has 0 bridgehead atoms. The molecule has 0 spiro atoms. The highest BCUT2D eigenvalue weighted by Gasteiger charge is 2.12. The van der Waals surface area contributed by atoms with Crippen molar-refractivity contribution in [2.75, 3.05) is 17.7 Å². The first-order valence-electron chi connectivity index (χ1n) is 7.06. The number of rotatable bonds is 5. The number of nitriles is 1. The molecule has 0 radical (unpaired) electrons. The number of esters is 1. The molecule has 0 fully saturated rings. The fraction of sp³-hybridized carbons (Fsp3) is 0.0556. The average molecular weight is 321 g/mol. The molecule has 2 aromatic rings. The van der Waals surface area contributed by atoms with Gasteiger partial charge in [0.05, 0.1) is 18.4 Å². The van der Waals surface area contributed by atoms with Gasteiger partial charge in [-0.3, -0.25) is 4.79 Å². The summed E-state index contributed by atoms with van der Waals surface area (Å²) in [6.45, 7) is 0. The largest absolute Gasteiger partial charge is 0.465 e. The van der Waals surface area contributed by atoms with Gasteiger partial charge in [0.2, 0.25) is 0 Å². The van der Waals surface area contributed by atoms with E-state index in [0.29, 0.717) is 16.9 Å². The van der Waals surface area contributed by atoms with Crippen molar-refractivity contribution in [3.63, 3.8) is 0 Å². The van der Waals surface area contributed by atoms with Crippen molar-refractivity contribution in [2.45, 2.75) is 0 Å². The third-order valence-electron chi connectivity index (χ3n) is 3.10. The molecule has 0 aliphatic heterocycles. The second-order valence-electron chi connectivity index (χ2n) is 4.67. The molecule has 2 aromatic carbocycles. The summed E-state index contributed by atoms with van der Waals surface area (Å²) in [5, 5.41) is 14.6. The van der Waals surface area contributed by atoms with E-state index < -0.39 is 11.9 Å². The maximum absolute atomic E-state index is 12.1. The third-order valence-corrected chi connectivity index (χ3v) is 3.10. The molecule has 0 aliphatic carbocycles. The first-order chi connectivity index (χ1) is 11.7. The Morgan fingerprint density at radius 3 is 2.42 bits per heavy atom. The van der Waals surface area contributed by atoms with Crippen LogP contribution in [0.2, 0.25) is 0 Å². The van der Waals surface area contributed by atoms with Crippen LogP contribution in [0.3, 0.4) is 0 Å². The predicted molar refractivity (Wildman–Crippen MR) is 90.2 cm³/mol. The molecule has 6 heteroatoms. The van der Waals surface area contributed by atoms with E-state index in [2.05, 4.69) is 10.6 Å². The standard InChI is InChI=1S/C18H15N3O3/c1-24-18(23)15-9-5-6-10-16(15)20-12-13(11-19)17(22)21-14-7-3-2-4-8-14/h2-10,12,20H,1H3,(H,21,22)/b13-12-. The van der Waals surface area contributed by atoms with Gasteiger partial charge in [-0.05, 0) is 24.3 Å². The molecular weight excluding hydrogens is 306 g/mol. The first kappa shape index (κ1) is 16.8. The van der Waals surface area contributed by atoms with Gasteiger partial charge in [-0.25, -0.2) is 4.79 Å². The Bertz CT molecular complexity index is 808. The number of hydrogen-bond donors (Lipinski definition) is 2. The minimum Gasteiger partial charge on any atom is -0.465 e. The number of methoxy groups -OCH3 is 1. The van der Waals surface area contributed by atoms with Crippen LogP contribution < -0.4 is 10.6 Å². The molecule has 0 saturated carbocycles. The molecule has 120 valence electrons. The fourth-order valence-corrected chi connectivity index (χ4v) is 1.92. The number of ether oxygens (including phenoxy) is 1. The number of amides is 1. The van der Waals surface area contributed by atoms with Gasteiger partial charge in [0, 0.05) is 11.9 Å². The van der Waals surface area contributed by atoms with Gasteiger partial charge in [0.25, 0.3) is 5.91 Å². The van der Waals surface area contributed by atoms with E-state index in [1.165, 1.54) is 13.3 Å². The van der Waals surface area contributed by atoms with Gasteiger partial charge < -0.3 is 15.4 Å². The lowest BCUT2D eigenvalue weighted by molar-refractivity contribution is -0.112. The van der Waals surface area contributed by atoms with Gasteiger partial charge in [-0.1, -0.05) is 30.3 Å². The Hall–Kier alpha value is -3.59. The van der Waals surface area contributed by atoms with Gasteiger partial charge in [0.15, 0.2) is 0 Å². The fourth-order valence-electron chi connectivity index (χ4n) is 1.92. The zero-order valence-electron chi connectivity index (χ0n) is 12.9. The van der Waals surface area contributed by atoms with E-state index in [1.54, 1.807) is 48.5 Å². The lowest BCUT2D eigenvalue weighted by Crippen LogP contribution is -2.14. The molecule has 6 nitrogen and oxygen atoms in total. The van der Waals surface area contributed by atoms with Crippen molar-refractivity contribution in [1.82, 2.24) is 0 Å². The Balaban J connectivity index is 2.16. The number of para-hydroxylation sites is 2. The van der Waals surface area contributed by atoms with Crippen LogP contribution in [0.1, 0.15) is 10.4 Å². The molecule has 2 N–H and O–H groups in total. The highest BCUT2D eigenvalue weighted by molar-refractivity contribution is 6.06. The lowest BCUT2D eigenvalue weighted by Gasteiger charge is -2.08. The minimum absolute atomic E-state index is 0.126. The Morgan fingerprint density at radius 2 is 1.75 bits per heavy atom. The SMILES string of the molecule is COC(=O)c1ccccc1N/C=C(/C#N)C(=O)Nc1ccccc1. The highest BCUT2D eigenvalue weighted by atomic mass is 16.5. The zero-order valence-corrected chi connectivity index (χ0v) is 12.9. The summed E-state index contributed by atoms with van der Waals surface area (Å²) in [7, 11) is 1.28. The summed E-state index contributed by atoms with van der Waals surface area (Å²) in [5.74, 6) is -1.06. The van der Waals surface area contributed by atoms with Crippen LogP contribution in [0.15, 0.2) is 66.4 Å². The van der Waals surface area contributed by atoms with E-state index in [-0.39, 0.29) is 5.57 Å². The summed E-state index contributed by atoms with van der Waals surface area (Å²) >= 11 is 0. The lowest BCUT2D eigenvalue weighted by atomic mass is 10.2. The number of carbonyl (C=O) groups is 2. The molecular formula is C18H15N3O3. The molecule has 0 heterocycles. The Morgan fingerprint density at radius 1 is 1.08 bits per heavy atom. The molecule has 0 unspecified atom stereocenters. The second kappa shape index (κ2) is 8.15. The summed E-state index contributed by atoms with van der Waals surface area (Å²) < 4.78 is 4.69. The number of nitrogens with one attached hydrogen (secondary N) is 2. The maximum atomic E-state index is 12.1. The van der Waals surface area contributed by atoms with Crippen molar-refractivity contribution < 1.29 is 14.3 Å². The molecule has 24 heavy (non-hydrogen) atoms. The van der Waals surface area contributed by atoms with Gasteiger partial charge in [0.1, 0.15) is 11.6 Å². The van der Waals surface area contributed by atoms with Gasteiger partial charge in [-0.15, -0.1) is 0 Å². The summed E-state index contributed by atoms with van der Waals surface area (Å²) in [4.78, 5) is 23.8. The van der Waals surface area contributed by atoms with Crippen molar-refractivity contribution >= 4 is 23.3 Å². The van der Waals surface area contributed by atoms with Crippen molar-refractivity contribution in [2.24, 2.45) is 0 Å². The normalized spacial score (nSPS) is 10.4. The first-order valence-corrected chi connectivity index (χ1v) is 7.06. The highest BCUT2D eigenvalue weighted by Crippen LogP contribution is 2.16. The number of benzene rings is 2. The molecule has 1 amide bonds. The summed E-state index contributed by atoms with van der Waals surface area (Å²) in [6.07, 6.45) is 1.25. The smallest absolute Gasteiger partial charge is 0.339 e. The van der Waals surface area contributed by atoms with Crippen LogP contribution in [0.5, 0.6) is 0 Å². The van der Waals surface area contributed by atoms with Crippen LogP contribution >= 0.6 is 0 Å². The molecule has 0 saturated heterocycles. The summed E-state index contributed by atoms with van der Waals surface area (Å²) in [5.41, 5.74) is 1.19. The Kier molecular flexibility index (Phi) is 5.70. The average Bonchev–Trinajstić information content (AvgIpc) is 2.62. The number of anilines is 2. The molecule has 0 atom stereocenters. The Labute approximate surface area is 139 Å². The van der Waals surface area contributed by atoms with E-state index in [1.807, 2.05) is 12.1 Å². The summed E-state index contributed by atoms with van der Waals surface area (Å²) in [6, 6.07) is 17.3. The van der Waals surface area contributed by atoms with Crippen LogP contribution in [0.25, 0.3) is 0 Å². The zero-order chi connectivity index (χ0) is 17.4. The van der Waals surface area contributed by atoms with Crippen LogP contribution in [0.4, 0.5) is 11.4 Å². The van der Waals surface area contributed by atoms with Crippen LogP contribution in [-0.2, 0) is 9.53 Å². The monoisotopic (exact) mass is 321 g/mol. The van der Waals surface area contributed by atoms with Crippen molar-refractivity contribution in [3.05, 3.63) is 71.9 Å².